The van der Waals surface area contributed by atoms with Crippen molar-refractivity contribution in [3.05, 3.63) is 52.5 Å². The summed E-state index contributed by atoms with van der Waals surface area (Å²) in [6.45, 7) is 5.13. The van der Waals surface area contributed by atoms with Crippen molar-refractivity contribution in [1.82, 2.24) is 8.61 Å². The van der Waals surface area contributed by atoms with E-state index in [9.17, 15) is 16.8 Å². The van der Waals surface area contributed by atoms with Gasteiger partial charge in [0.25, 0.3) is 0 Å². The van der Waals surface area contributed by atoms with Gasteiger partial charge in [-0.1, -0.05) is 17.7 Å². The number of nitrogens with zero attached hydrogens (tertiary/aromatic N) is 2. The van der Waals surface area contributed by atoms with Gasteiger partial charge in [-0.3, -0.25) is 0 Å². The van der Waals surface area contributed by atoms with Gasteiger partial charge in [0.1, 0.15) is 5.75 Å². The summed E-state index contributed by atoms with van der Waals surface area (Å²) in [4.78, 5) is 0.501. The van der Waals surface area contributed by atoms with Crippen LogP contribution in [0.15, 0.2) is 46.2 Å². The van der Waals surface area contributed by atoms with Gasteiger partial charge in [-0.25, -0.2) is 16.8 Å². The first kappa shape index (κ1) is 24.5. The second-order valence-electron chi connectivity index (χ2n) is 9.04. The van der Waals surface area contributed by atoms with Crippen LogP contribution in [0.2, 0.25) is 5.02 Å². The Balaban J connectivity index is 1.48. The van der Waals surface area contributed by atoms with Crippen LogP contribution in [0.1, 0.15) is 30.4 Å². The molecule has 2 aromatic rings. The maximum absolute atomic E-state index is 13.4. The van der Waals surface area contributed by atoms with E-state index in [2.05, 4.69) is 0 Å². The zero-order chi connectivity index (χ0) is 24.0. The zero-order valence-corrected chi connectivity index (χ0v) is 21.4. The molecule has 0 aromatic heterocycles. The lowest BCUT2D eigenvalue weighted by Crippen LogP contribution is -2.44. The standard InChI is InChI=1S/C23H29ClN2O5S2/c1-17-14-22(18(2)13-21(17)24)33(29,30)26-12-9-23(16-26)7-10-25(11-8-23)32(27,28)20-6-4-5-19(15-20)31-3/h4-6,13-15H,7-12,16H2,1-3H3. The molecule has 1 spiro atoms. The Bertz CT molecular complexity index is 1270. The van der Waals surface area contributed by atoms with Crippen LogP contribution in [-0.4, -0.2) is 58.7 Å². The summed E-state index contributed by atoms with van der Waals surface area (Å²) >= 11 is 6.15. The molecule has 0 atom stereocenters. The number of piperidine rings is 1. The van der Waals surface area contributed by atoms with Gasteiger partial charge < -0.3 is 4.74 Å². The second-order valence-corrected chi connectivity index (χ2v) is 13.3. The monoisotopic (exact) mass is 512 g/mol. The molecule has 0 bridgehead atoms. The molecule has 33 heavy (non-hydrogen) atoms. The van der Waals surface area contributed by atoms with Gasteiger partial charge in [-0.05, 0) is 73.9 Å². The molecule has 7 nitrogen and oxygen atoms in total. The molecular weight excluding hydrogens is 484 g/mol. The Morgan fingerprint density at radius 2 is 1.52 bits per heavy atom. The van der Waals surface area contributed by atoms with E-state index in [1.165, 1.54) is 17.5 Å². The molecule has 2 heterocycles. The highest BCUT2D eigenvalue weighted by Gasteiger charge is 2.46. The van der Waals surface area contributed by atoms with Crippen LogP contribution in [0.4, 0.5) is 0 Å². The lowest BCUT2D eigenvalue weighted by molar-refractivity contribution is 0.167. The molecule has 0 unspecified atom stereocenters. The van der Waals surface area contributed by atoms with Crippen molar-refractivity contribution < 1.29 is 21.6 Å². The number of methoxy groups -OCH3 is 1. The first-order valence-corrected chi connectivity index (χ1v) is 14.2. The Hall–Kier alpha value is -1.65. The van der Waals surface area contributed by atoms with Gasteiger partial charge in [-0.2, -0.15) is 8.61 Å². The van der Waals surface area contributed by atoms with Gasteiger partial charge >= 0.3 is 0 Å². The van der Waals surface area contributed by atoms with E-state index >= 15 is 0 Å². The van der Waals surface area contributed by atoms with E-state index in [0.717, 1.165) is 12.0 Å². The molecule has 2 aromatic carbocycles. The first-order chi connectivity index (χ1) is 15.5. The van der Waals surface area contributed by atoms with Crippen molar-refractivity contribution in [3.63, 3.8) is 0 Å². The fourth-order valence-electron chi connectivity index (χ4n) is 4.79. The van der Waals surface area contributed by atoms with E-state index < -0.39 is 20.0 Å². The van der Waals surface area contributed by atoms with E-state index in [1.54, 1.807) is 48.5 Å². The average molecular weight is 513 g/mol. The van der Waals surface area contributed by atoms with Crippen LogP contribution in [0.25, 0.3) is 0 Å². The molecule has 0 radical (unpaired) electrons. The number of hydrogen-bond acceptors (Lipinski definition) is 5. The van der Waals surface area contributed by atoms with Crippen LogP contribution >= 0.6 is 11.6 Å². The number of halogens is 1. The third-order valence-electron chi connectivity index (χ3n) is 6.94. The minimum absolute atomic E-state index is 0.206. The summed E-state index contributed by atoms with van der Waals surface area (Å²) in [5, 5.41) is 0.550. The summed E-state index contributed by atoms with van der Waals surface area (Å²) in [5.41, 5.74) is 1.15. The zero-order valence-electron chi connectivity index (χ0n) is 19.0. The van der Waals surface area contributed by atoms with Crippen molar-refractivity contribution >= 4 is 31.6 Å². The quantitative estimate of drug-likeness (QED) is 0.608. The predicted octanol–water partition coefficient (Wildman–Crippen LogP) is 3.83. The summed E-state index contributed by atoms with van der Waals surface area (Å²) in [7, 11) is -5.78. The largest absolute Gasteiger partial charge is 0.497 e. The van der Waals surface area contributed by atoms with Gasteiger partial charge in [0.2, 0.25) is 20.0 Å². The Morgan fingerprint density at radius 1 is 0.879 bits per heavy atom. The molecular formula is C23H29ClN2O5S2. The number of sulfonamides is 2. The molecule has 0 amide bonds. The number of hydrogen-bond donors (Lipinski definition) is 0. The predicted molar refractivity (Wildman–Crippen MR) is 128 cm³/mol. The van der Waals surface area contributed by atoms with Crippen molar-refractivity contribution in [2.24, 2.45) is 5.41 Å². The molecule has 2 saturated heterocycles. The normalized spacial score (nSPS) is 19.8. The minimum atomic E-state index is -3.65. The molecule has 0 aliphatic carbocycles. The van der Waals surface area contributed by atoms with Crippen LogP contribution in [-0.2, 0) is 20.0 Å². The number of rotatable bonds is 5. The summed E-state index contributed by atoms with van der Waals surface area (Å²) in [6, 6.07) is 9.81. The first-order valence-electron chi connectivity index (χ1n) is 10.9. The van der Waals surface area contributed by atoms with Gasteiger partial charge in [0.05, 0.1) is 16.9 Å². The lowest BCUT2D eigenvalue weighted by atomic mass is 9.78. The third kappa shape index (κ3) is 4.53. The fourth-order valence-corrected chi connectivity index (χ4v) is 8.33. The van der Waals surface area contributed by atoms with Crippen molar-refractivity contribution in [1.29, 1.82) is 0 Å². The van der Waals surface area contributed by atoms with Crippen LogP contribution < -0.4 is 4.74 Å². The summed E-state index contributed by atoms with van der Waals surface area (Å²) in [5.74, 6) is 0.494. The molecule has 180 valence electrons. The topological polar surface area (TPSA) is 84.0 Å². The second kappa shape index (κ2) is 8.85. The molecule has 10 heteroatoms. The van der Waals surface area contributed by atoms with Crippen molar-refractivity contribution in [3.8, 4) is 5.75 Å². The molecule has 2 aliphatic rings. The van der Waals surface area contributed by atoms with Crippen LogP contribution in [0.5, 0.6) is 5.75 Å². The highest BCUT2D eigenvalue weighted by molar-refractivity contribution is 7.89. The average Bonchev–Trinajstić information content (AvgIpc) is 3.20. The summed E-state index contributed by atoms with van der Waals surface area (Å²) < 4.78 is 61.2. The Morgan fingerprint density at radius 3 is 2.15 bits per heavy atom. The van der Waals surface area contributed by atoms with E-state index in [1.807, 2.05) is 0 Å². The molecule has 2 aliphatic heterocycles. The Kier molecular flexibility index (Phi) is 6.56. The number of benzene rings is 2. The fraction of sp³-hybridized carbons (Fsp3) is 0.478. The minimum Gasteiger partial charge on any atom is -0.497 e. The molecule has 0 saturated carbocycles. The van der Waals surface area contributed by atoms with E-state index in [0.29, 0.717) is 60.3 Å². The molecule has 2 fully saturated rings. The smallest absolute Gasteiger partial charge is 0.243 e. The number of ether oxygens (including phenoxy) is 1. The van der Waals surface area contributed by atoms with E-state index in [4.69, 9.17) is 16.3 Å². The van der Waals surface area contributed by atoms with Gasteiger partial charge in [-0.15, -0.1) is 0 Å². The number of aryl methyl sites for hydroxylation is 2. The van der Waals surface area contributed by atoms with Crippen LogP contribution in [0.3, 0.4) is 0 Å². The van der Waals surface area contributed by atoms with Crippen molar-refractivity contribution in [2.75, 3.05) is 33.3 Å². The lowest BCUT2D eigenvalue weighted by Gasteiger charge is -2.38. The highest BCUT2D eigenvalue weighted by Crippen LogP contribution is 2.43. The highest BCUT2D eigenvalue weighted by atomic mass is 35.5. The van der Waals surface area contributed by atoms with Gasteiger partial charge in [0.15, 0.2) is 0 Å². The maximum Gasteiger partial charge on any atom is 0.243 e. The molecule has 0 N–H and O–H groups in total. The third-order valence-corrected chi connectivity index (χ3v) is 11.2. The van der Waals surface area contributed by atoms with Crippen molar-refractivity contribution in [2.45, 2.75) is 42.9 Å². The van der Waals surface area contributed by atoms with E-state index in [-0.39, 0.29) is 10.3 Å². The SMILES string of the molecule is COc1cccc(S(=O)(=O)N2CCC3(CC2)CCN(S(=O)(=O)c2cc(C)c(Cl)cc2C)C3)c1. The maximum atomic E-state index is 13.4. The van der Waals surface area contributed by atoms with Crippen LogP contribution in [0, 0.1) is 19.3 Å². The molecule has 4 rings (SSSR count). The van der Waals surface area contributed by atoms with Gasteiger partial charge in [0, 0.05) is 37.3 Å². The Labute approximate surface area is 201 Å². The summed E-state index contributed by atoms with van der Waals surface area (Å²) in [6.07, 6.45) is 1.98.